The monoisotopic (exact) mass is 539 g/mol. The van der Waals surface area contributed by atoms with Crippen molar-refractivity contribution < 1.29 is 39.0 Å². The van der Waals surface area contributed by atoms with E-state index in [9.17, 15) is 20.6 Å². The van der Waals surface area contributed by atoms with Crippen LogP contribution in [0.1, 0.15) is 51.6 Å². The van der Waals surface area contributed by atoms with Gasteiger partial charge in [-0.05, 0) is 32.0 Å². The van der Waals surface area contributed by atoms with Gasteiger partial charge in [0.2, 0.25) is 6.79 Å². The van der Waals surface area contributed by atoms with Crippen molar-refractivity contribution in [3.05, 3.63) is 39.4 Å². The van der Waals surface area contributed by atoms with Gasteiger partial charge in [0.1, 0.15) is 17.4 Å². The number of hydrogen-bond acceptors (Lipinski definition) is 11. The third-order valence-corrected chi connectivity index (χ3v) is 8.92. The van der Waals surface area contributed by atoms with E-state index in [2.05, 4.69) is 6.07 Å². The van der Waals surface area contributed by atoms with Crippen LogP contribution in [-0.4, -0.2) is 84.7 Å². The molecule has 4 aliphatic rings. The van der Waals surface area contributed by atoms with Gasteiger partial charge in [-0.25, -0.2) is 0 Å². The number of phenolic OH excluding ortho intramolecular Hbond substituents is 1. The Kier molecular flexibility index (Phi) is 6.09. The van der Waals surface area contributed by atoms with Gasteiger partial charge in [-0.1, -0.05) is 6.07 Å². The molecule has 0 spiro atoms. The van der Waals surface area contributed by atoms with Crippen LogP contribution in [-0.2, 0) is 11.2 Å². The molecule has 2 aromatic rings. The maximum Gasteiger partial charge on any atom is 0.231 e. The van der Waals surface area contributed by atoms with Crippen LogP contribution >= 0.6 is 0 Å². The first-order valence-corrected chi connectivity index (χ1v) is 12.9. The van der Waals surface area contributed by atoms with Gasteiger partial charge in [0, 0.05) is 42.3 Å². The van der Waals surface area contributed by atoms with Crippen molar-refractivity contribution in [2.75, 3.05) is 48.0 Å². The second-order valence-electron chi connectivity index (χ2n) is 10.7. The molecule has 2 bridgehead atoms. The predicted octanol–water partition coefficient (Wildman–Crippen LogP) is 1.99. The van der Waals surface area contributed by atoms with Gasteiger partial charge in [-0.2, -0.15) is 5.26 Å². The number of ether oxygens (including phenoxy) is 5. The van der Waals surface area contributed by atoms with E-state index in [1.54, 1.807) is 14.0 Å². The minimum Gasteiger partial charge on any atom is -0.507 e. The molecule has 0 radical (unpaired) electrons. The number of phenols is 1. The quantitative estimate of drug-likeness (QED) is 0.481. The fourth-order valence-corrected chi connectivity index (χ4v) is 7.20. The summed E-state index contributed by atoms with van der Waals surface area (Å²) in [6.45, 7) is 3.54. The highest BCUT2D eigenvalue weighted by molar-refractivity contribution is 5.67. The summed E-state index contributed by atoms with van der Waals surface area (Å²) < 4.78 is 28.6. The van der Waals surface area contributed by atoms with Crippen LogP contribution in [0.2, 0.25) is 0 Å². The maximum atomic E-state index is 12.1. The van der Waals surface area contributed by atoms with Crippen molar-refractivity contribution in [1.82, 2.24) is 9.80 Å². The van der Waals surface area contributed by atoms with E-state index in [4.69, 9.17) is 23.7 Å². The van der Waals surface area contributed by atoms with E-state index in [0.717, 1.165) is 16.7 Å². The van der Waals surface area contributed by atoms with Gasteiger partial charge in [-0.15, -0.1) is 0 Å². The predicted molar refractivity (Wildman–Crippen MR) is 137 cm³/mol. The Morgan fingerprint density at radius 3 is 2.56 bits per heavy atom. The average molecular weight is 540 g/mol. The molecule has 5 atom stereocenters. The van der Waals surface area contributed by atoms with E-state index in [1.165, 1.54) is 7.11 Å². The van der Waals surface area contributed by atoms with Crippen LogP contribution in [0.5, 0.6) is 28.7 Å². The first kappa shape index (κ1) is 26.0. The highest BCUT2D eigenvalue weighted by atomic mass is 16.7. The number of aromatic hydroxyl groups is 1. The van der Waals surface area contributed by atoms with Crippen LogP contribution in [0.4, 0.5) is 0 Å². The van der Waals surface area contributed by atoms with Crippen molar-refractivity contribution in [3.63, 3.8) is 0 Å². The van der Waals surface area contributed by atoms with Crippen molar-refractivity contribution in [2.45, 2.75) is 50.0 Å². The number of piperazine rings is 1. The first-order chi connectivity index (χ1) is 18.7. The number of nitrogens with zero attached hydrogens (tertiary/aromatic N) is 3. The summed E-state index contributed by atoms with van der Waals surface area (Å²) in [5, 5.41) is 44.8. The summed E-state index contributed by atoms with van der Waals surface area (Å²) in [5.41, 5.74) is 2.88. The Labute approximate surface area is 226 Å². The molecule has 1 fully saturated rings. The molecule has 4 aliphatic heterocycles. The van der Waals surface area contributed by atoms with Crippen LogP contribution < -0.4 is 18.9 Å². The third-order valence-electron chi connectivity index (χ3n) is 8.92. The van der Waals surface area contributed by atoms with Gasteiger partial charge < -0.3 is 39.0 Å². The highest BCUT2D eigenvalue weighted by Gasteiger charge is 2.61. The van der Waals surface area contributed by atoms with Crippen molar-refractivity contribution >= 4 is 0 Å². The van der Waals surface area contributed by atoms with E-state index in [-0.39, 0.29) is 32.5 Å². The topological polar surface area (TPSA) is 137 Å². The molecule has 11 heteroatoms. The zero-order chi connectivity index (χ0) is 27.8. The van der Waals surface area contributed by atoms with Crippen LogP contribution in [0.25, 0.3) is 0 Å². The molecule has 3 N–H and O–H groups in total. The van der Waals surface area contributed by atoms with Crippen molar-refractivity contribution in [2.24, 2.45) is 0 Å². The number of benzene rings is 2. The molecule has 208 valence electrons. The molecule has 0 amide bonds. The molecule has 2 unspecified atom stereocenters. The fourth-order valence-electron chi connectivity index (χ4n) is 7.20. The Morgan fingerprint density at radius 2 is 1.90 bits per heavy atom. The Hall–Kier alpha value is -3.27. The molecular weight excluding hydrogens is 506 g/mol. The number of rotatable bonds is 5. The number of aryl methyl sites for hydroxylation is 1. The zero-order valence-corrected chi connectivity index (χ0v) is 22.6. The lowest BCUT2D eigenvalue weighted by Gasteiger charge is -2.61. The van der Waals surface area contributed by atoms with Crippen LogP contribution in [0, 0.1) is 25.2 Å². The second-order valence-corrected chi connectivity index (χ2v) is 10.7. The number of hydrogen-bond donors (Lipinski definition) is 3. The summed E-state index contributed by atoms with van der Waals surface area (Å²) in [5.74, 6) is 1.76. The second kappa shape index (κ2) is 9.15. The number of likely N-dealkylation sites (N-methyl/N-ethyl adjacent to an activating group) is 1. The molecule has 0 saturated carbocycles. The lowest BCUT2D eigenvalue weighted by atomic mass is 9.69. The Balaban J connectivity index is 1.63. The molecule has 39 heavy (non-hydrogen) atoms. The molecular formula is C28H33N3O8. The maximum absolute atomic E-state index is 12.1. The van der Waals surface area contributed by atoms with Crippen molar-refractivity contribution in [1.29, 1.82) is 5.26 Å². The van der Waals surface area contributed by atoms with E-state index >= 15 is 0 Å². The Morgan fingerprint density at radius 1 is 1.15 bits per heavy atom. The standard InChI is InChI=1S/C28H33N3O8/c1-13-6-15-7-28(9-29)10-31-16(8-32)18-19(22(33)14(2)25-27(18)39-12-38-25)23(34)21(31)20(30(28)3)17(15)26(24(13)36-5)37-11-35-4/h6,16,20-21,23,32-34H,7-8,10-12H2,1-5H3/t16-,20?,21?,23-,28+/m0/s1. The van der Waals surface area contributed by atoms with Gasteiger partial charge in [0.15, 0.2) is 29.8 Å². The molecule has 1 saturated heterocycles. The largest absolute Gasteiger partial charge is 0.507 e. The first-order valence-electron chi connectivity index (χ1n) is 12.9. The summed E-state index contributed by atoms with van der Waals surface area (Å²) in [6, 6.07) is 2.72. The highest BCUT2D eigenvalue weighted by Crippen LogP contribution is 2.61. The summed E-state index contributed by atoms with van der Waals surface area (Å²) in [6.07, 6.45) is -0.782. The lowest BCUT2D eigenvalue weighted by molar-refractivity contribution is -0.127. The minimum atomic E-state index is -1.19. The van der Waals surface area contributed by atoms with Gasteiger partial charge in [-0.3, -0.25) is 9.80 Å². The summed E-state index contributed by atoms with van der Waals surface area (Å²) in [4.78, 5) is 3.97. The van der Waals surface area contributed by atoms with Crippen LogP contribution in [0.15, 0.2) is 6.07 Å². The normalized spacial score (nSPS) is 28.8. The van der Waals surface area contributed by atoms with Crippen LogP contribution in [0.3, 0.4) is 0 Å². The molecule has 4 heterocycles. The average Bonchev–Trinajstić information content (AvgIpc) is 3.41. The summed E-state index contributed by atoms with van der Waals surface area (Å²) >= 11 is 0. The number of aliphatic hydroxyl groups is 2. The zero-order valence-electron chi connectivity index (χ0n) is 22.6. The minimum absolute atomic E-state index is 0.0193. The number of fused-ring (bicyclic) bond motifs is 9. The Bertz CT molecular complexity index is 1390. The molecule has 2 aromatic carbocycles. The molecule has 0 aliphatic carbocycles. The molecule has 6 rings (SSSR count). The van der Waals surface area contributed by atoms with E-state index in [1.807, 2.05) is 29.8 Å². The van der Waals surface area contributed by atoms with E-state index < -0.39 is 29.8 Å². The SMILES string of the molecule is COCOc1c(OC)c(C)cc2c1C1C3[C@@H](O)c4c(O)c(C)c5c(c4[C@H](CO)N3C[C@](C#N)(C2)N1C)OCO5. The fraction of sp³-hybridized carbons (Fsp3) is 0.536. The van der Waals surface area contributed by atoms with Gasteiger partial charge in [0.25, 0.3) is 0 Å². The van der Waals surface area contributed by atoms with Gasteiger partial charge in [0.05, 0.1) is 37.9 Å². The molecule has 11 nitrogen and oxygen atoms in total. The number of nitriles is 1. The van der Waals surface area contributed by atoms with E-state index in [0.29, 0.717) is 46.1 Å². The summed E-state index contributed by atoms with van der Waals surface area (Å²) in [7, 11) is 4.99. The number of aliphatic hydroxyl groups excluding tert-OH is 2. The molecule has 0 aromatic heterocycles. The number of methoxy groups -OCH3 is 2. The smallest absolute Gasteiger partial charge is 0.231 e. The van der Waals surface area contributed by atoms with Gasteiger partial charge >= 0.3 is 0 Å². The van der Waals surface area contributed by atoms with Crippen molar-refractivity contribution in [3.8, 4) is 34.8 Å². The third kappa shape index (κ3) is 3.33. The lowest BCUT2D eigenvalue weighted by Crippen LogP contribution is -2.70.